The van der Waals surface area contributed by atoms with Gasteiger partial charge in [-0.05, 0) is 36.6 Å². The number of nitrogens with zero attached hydrogens (tertiary/aromatic N) is 5. The van der Waals surface area contributed by atoms with E-state index in [1.54, 1.807) is 0 Å². The fraction of sp³-hybridized carbons (Fsp3) is 0.429. The fourth-order valence-corrected chi connectivity index (χ4v) is 4.50. The lowest BCUT2D eigenvalue weighted by Crippen LogP contribution is -2.34. The molecule has 2 aromatic heterocycles. The molecule has 0 N–H and O–H groups in total. The van der Waals surface area contributed by atoms with Crippen molar-refractivity contribution in [3.63, 3.8) is 0 Å². The van der Waals surface area contributed by atoms with Crippen LogP contribution >= 0.6 is 11.6 Å². The zero-order chi connectivity index (χ0) is 24.3. The third-order valence-electron chi connectivity index (χ3n) is 6.11. The summed E-state index contributed by atoms with van der Waals surface area (Å²) in [5.41, 5.74) is -0.737. The van der Waals surface area contributed by atoms with Crippen molar-refractivity contribution in [2.75, 3.05) is 13.1 Å². The van der Waals surface area contributed by atoms with Crippen molar-refractivity contribution in [1.82, 2.24) is 24.8 Å². The summed E-state index contributed by atoms with van der Waals surface area (Å²) in [6, 6.07) is 5.00. The first-order valence-electron chi connectivity index (χ1n) is 10.4. The van der Waals surface area contributed by atoms with Crippen LogP contribution in [0.3, 0.4) is 0 Å². The minimum absolute atomic E-state index is 0.0883. The molecule has 0 radical (unpaired) electrons. The normalized spacial score (nSPS) is 18.6. The van der Waals surface area contributed by atoms with Gasteiger partial charge in [-0.25, -0.2) is 22.0 Å². The molecule has 1 saturated carbocycles. The first-order valence-corrected chi connectivity index (χ1v) is 10.8. The van der Waals surface area contributed by atoms with Crippen LogP contribution in [0, 0.1) is 5.82 Å². The van der Waals surface area contributed by atoms with Gasteiger partial charge >= 0.3 is 0 Å². The summed E-state index contributed by atoms with van der Waals surface area (Å²) in [4.78, 5) is 17.6. The van der Waals surface area contributed by atoms with E-state index in [2.05, 4.69) is 15.2 Å². The quantitative estimate of drug-likeness (QED) is 0.461. The minimum atomic E-state index is -3.00. The lowest BCUT2D eigenvalue weighted by Gasteiger charge is -2.16. The van der Waals surface area contributed by atoms with Crippen molar-refractivity contribution in [2.45, 2.75) is 43.6 Å². The molecule has 2 fully saturated rings. The van der Waals surface area contributed by atoms with E-state index in [1.165, 1.54) is 18.2 Å². The summed E-state index contributed by atoms with van der Waals surface area (Å²) in [6.07, 6.45) is -2.20. The number of halogens is 6. The number of carbonyl (C=O) groups is 1. The van der Waals surface area contributed by atoms with Crippen LogP contribution in [-0.2, 0) is 16.8 Å². The maximum Gasteiger partial charge on any atom is 0.280 e. The Balaban J connectivity index is 1.41. The molecule has 0 bridgehead atoms. The largest absolute Gasteiger partial charge is 0.335 e. The van der Waals surface area contributed by atoms with Crippen LogP contribution in [0.2, 0.25) is 5.02 Å². The number of likely N-dealkylation sites (tertiary alicyclic amines) is 1. The number of aromatic nitrogens is 4. The lowest BCUT2D eigenvalue weighted by molar-refractivity contribution is -0.132. The Morgan fingerprint density at radius 3 is 2.59 bits per heavy atom. The number of carbonyl (C=O) groups excluding carboxylic acids is 1. The number of rotatable bonds is 6. The molecule has 1 saturated heterocycles. The molecule has 3 heterocycles. The molecule has 34 heavy (non-hydrogen) atoms. The second-order valence-electron chi connectivity index (χ2n) is 8.46. The Bertz CT molecular complexity index is 1260. The van der Waals surface area contributed by atoms with Gasteiger partial charge in [0, 0.05) is 18.0 Å². The molecule has 1 amide bonds. The molecular formula is C21H17ClF5N5O2. The van der Waals surface area contributed by atoms with Crippen molar-refractivity contribution in [3.8, 4) is 11.6 Å². The molecule has 3 aromatic rings. The lowest BCUT2D eigenvalue weighted by atomic mass is 9.95. The average Bonchev–Trinajstić information content (AvgIpc) is 3.11. The fourth-order valence-electron chi connectivity index (χ4n) is 4.15. The predicted molar refractivity (Wildman–Crippen MR) is 108 cm³/mol. The molecule has 5 rings (SSSR count). The van der Waals surface area contributed by atoms with Crippen molar-refractivity contribution < 1.29 is 31.3 Å². The van der Waals surface area contributed by atoms with E-state index in [4.69, 9.17) is 16.1 Å². The van der Waals surface area contributed by atoms with Crippen molar-refractivity contribution >= 4 is 17.5 Å². The summed E-state index contributed by atoms with van der Waals surface area (Å²) in [5.74, 6) is -4.14. The highest BCUT2D eigenvalue weighted by atomic mass is 35.5. The van der Waals surface area contributed by atoms with E-state index in [-0.39, 0.29) is 29.0 Å². The molecule has 13 heteroatoms. The first-order chi connectivity index (χ1) is 16.1. The highest BCUT2D eigenvalue weighted by molar-refractivity contribution is 6.31. The zero-order valence-electron chi connectivity index (χ0n) is 17.4. The number of hydrogen-bond donors (Lipinski definition) is 0. The molecule has 1 aliphatic carbocycles. The maximum atomic E-state index is 13.6. The van der Waals surface area contributed by atoms with E-state index in [0.29, 0.717) is 18.4 Å². The van der Waals surface area contributed by atoms with Gasteiger partial charge in [0.1, 0.15) is 18.1 Å². The van der Waals surface area contributed by atoms with Crippen molar-refractivity contribution in [1.29, 1.82) is 0 Å². The van der Waals surface area contributed by atoms with Gasteiger partial charge in [-0.1, -0.05) is 22.8 Å². The van der Waals surface area contributed by atoms with E-state index in [1.807, 2.05) is 0 Å². The summed E-state index contributed by atoms with van der Waals surface area (Å²) < 4.78 is 73.5. The third kappa shape index (κ3) is 4.04. The molecule has 180 valence electrons. The van der Waals surface area contributed by atoms with Gasteiger partial charge in [-0.3, -0.25) is 9.48 Å². The summed E-state index contributed by atoms with van der Waals surface area (Å²) >= 11 is 6.20. The molecule has 0 spiro atoms. The Morgan fingerprint density at radius 1 is 1.21 bits per heavy atom. The number of benzene rings is 1. The smallest absolute Gasteiger partial charge is 0.280 e. The van der Waals surface area contributed by atoms with Crippen LogP contribution in [-0.4, -0.2) is 49.7 Å². The van der Waals surface area contributed by atoms with Crippen molar-refractivity contribution in [2.24, 2.45) is 0 Å². The minimum Gasteiger partial charge on any atom is -0.335 e. The van der Waals surface area contributed by atoms with E-state index < -0.39 is 54.7 Å². The standard InChI is InChI=1S/C21H17ClF5N5O2/c22-13-7-11(23)1-2-12(13)20(3-4-20)19-28-18(34-30-19)14-8-15(17(24)25)32(29-14)9-16(33)31-6-5-21(26,27)10-31/h1-2,7-8,17H,3-6,9-10H2. The van der Waals surface area contributed by atoms with Crippen LogP contribution < -0.4 is 0 Å². The van der Waals surface area contributed by atoms with Crippen LogP contribution in [0.25, 0.3) is 11.6 Å². The molecule has 0 unspecified atom stereocenters. The zero-order valence-corrected chi connectivity index (χ0v) is 18.2. The van der Waals surface area contributed by atoms with Gasteiger partial charge in [0.05, 0.1) is 12.0 Å². The molecule has 0 atom stereocenters. The Labute approximate surface area is 194 Å². The second-order valence-corrected chi connectivity index (χ2v) is 8.87. The molecule has 1 aliphatic heterocycles. The molecule has 7 nitrogen and oxygen atoms in total. The summed E-state index contributed by atoms with van der Waals surface area (Å²) in [6.45, 7) is -1.55. The van der Waals surface area contributed by atoms with Gasteiger partial charge in [0.25, 0.3) is 18.2 Å². The molecule has 1 aromatic carbocycles. The second kappa shape index (κ2) is 8.03. The van der Waals surface area contributed by atoms with Gasteiger partial charge in [-0.15, -0.1) is 0 Å². The van der Waals surface area contributed by atoms with Crippen LogP contribution in [0.4, 0.5) is 22.0 Å². The number of amides is 1. The monoisotopic (exact) mass is 501 g/mol. The van der Waals surface area contributed by atoms with Crippen LogP contribution in [0.1, 0.15) is 42.8 Å². The van der Waals surface area contributed by atoms with Gasteiger partial charge in [0.15, 0.2) is 11.5 Å². The van der Waals surface area contributed by atoms with Crippen LogP contribution in [0.5, 0.6) is 0 Å². The summed E-state index contributed by atoms with van der Waals surface area (Å²) in [5, 5.41) is 8.16. The molecular weight excluding hydrogens is 485 g/mol. The van der Waals surface area contributed by atoms with E-state index in [0.717, 1.165) is 15.6 Å². The summed E-state index contributed by atoms with van der Waals surface area (Å²) in [7, 11) is 0. The first kappa shape index (κ1) is 22.8. The number of hydrogen-bond acceptors (Lipinski definition) is 5. The molecule has 2 aliphatic rings. The predicted octanol–water partition coefficient (Wildman–Crippen LogP) is 4.61. The average molecular weight is 502 g/mol. The Hall–Kier alpha value is -3.02. The maximum absolute atomic E-state index is 13.6. The highest BCUT2D eigenvalue weighted by Gasteiger charge is 2.51. The SMILES string of the molecule is O=C(Cn1nc(-c2nc(C3(c4ccc(F)cc4Cl)CC3)no2)cc1C(F)F)N1CCC(F)(F)C1. The Morgan fingerprint density at radius 2 is 1.97 bits per heavy atom. The topological polar surface area (TPSA) is 77.0 Å². The Kier molecular flexibility index (Phi) is 5.38. The van der Waals surface area contributed by atoms with Crippen molar-refractivity contribution in [3.05, 3.63) is 52.2 Å². The van der Waals surface area contributed by atoms with Gasteiger partial charge in [-0.2, -0.15) is 10.1 Å². The van der Waals surface area contributed by atoms with Gasteiger partial charge < -0.3 is 9.42 Å². The third-order valence-corrected chi connectivity index (χ3v) is 6.42. The van der Waals surface area contributed by atoms with E-state index >= 15 is 0 Å². The van der Waals surface area contributed by atoms with E-state index in [9.17, 15) is 26.7 Å². The van der Waals surface area contributed by atoms with Gasteiger partial charge in [0.2, 0.25) is 5.91 Å². The number of alkyl halides is 4. The highest BCUT2D eigenvalue weighted by Crippen LogP contribution is 2.54. The van der Waals surface area contributed by atoms with Crippen LogP contribution in [0.15, 0.2) is 28.8 Å².